The van der Waals surface area contributed by atoms with Gasteiger partial charge < -0.3 is 16.2 Å². The highest BCUT2D eigenvalue weighted by molar-refractivity contribution is 5.94. The lowest BCUT2D eigenvalue weighted by atomic mass is 9.87. The molecular formula is C26H29N3O3. The van der Waals surface area contributed by atoms with Gasteiger partial charge in [0, 0.05) is 30.4 Å². The van der Waals surface area contributed by atoms with E-state index >= 15 is 0 Å². The lowest BCUT2D eigenvalue weighted by molar-refractivity contribution is -0.138. The van der Waals surface area contributed by atoms with E-state index in [1.165, 1.54) is 5.56 Å². The highest BCUT2D eigenvalue weighted by Gasteiger charge is 2.18. The molecule has 0 bridgehead atoms. The van der Waals surface area contributed by atoms with E-state index in [1.807, 2.05) is 12.1 Å². The summed E-state index contributed by atoms with van der Waals surface area (Å²) in [4.78, 5) is 27.6. The van der Waals surface area contributed by atoms with Gasteiger partial charge in [-0.2, -0.15) is 0 Å². The van der Waals surface area contributed by atoms with Gasteiger partial charge in [-0.1, -0.05) is 50.2 Å². The van der Waals surface area contributed by atoms with Crippen LogP contribution in [0.2, 0.25) is 0 Å². The first-order chi connectivity index (χ1) is 15.3. The Hall–Kier alpha value is -3.51. The minimum Gasteiger partial charge on any atom is -0.480 e. The van der Waals surface area contributed by atoms with E-state index in [9.17, 15) is 9.59 Å². The van der Waals surface area contributed by atoms with Gasteiger partial charge >= 0.3 is 5.97 Å². The van der Waals surface area contributed by atoms with Crippen molar-refractivity contribution in [1.29, 1.82) is 0 Å². The topological polar surface area (TPSA) is 105 Å². The molecule has 2 aromatic carbocycles. The van der Waals surface area contributed by atoms with Crippen molar-refractivity contribution in [3.8, 4) is 11.1 Å². The monoisotopic (exact) mass is 431 g/mol. The normalized spacial score (nSPS) is 12.9. The Labute approximate surface area is 188 Å². The highest BCUT2D eigenvalue weighted by atomic mass is 16.4. The predicted molar refractivity (Wildman–Crippen MR) is 125 cm³/mol. The Morgan fingerprint density at radius 3 is 2.09 bits per heavy atom. The molecule has 0 saturated carbocycles. The molecule has 0 radical (unpaired) electrons. The molecule has 32 heavy (non-hydrogen) atoms. The zero-order valence-corrected chi connectivity index (χ0v) is 18.4. The number of hydrogen-bond donors (Lipinski definition) is 3. The second-order valence-electron chi connectivity index (χ2n) is 8.26. The molecule has 0 saturated heterocycles. The van der Waals surface area contributed by atoms with Gasteiger partial charge in [-0.05, 0) is 58.9 Å². The molecule has 0 aliphatic rings. The maximum absolute atomic E-state index is 12.6. The van der Waals surface area contributed by atoms with Gasteiger partial charge in [0.15, 0.2) is 0 Å². The largest absolute Gasteiger partial charge is 0.480 e. The number of carboxylic acid groups (broad SMARTS) is 1. The third-order valence-corrected chi connectivity index (χ3v) is 5.63. The van der Waals surface area contributed by atoms with E-state index in [2.05, 4.69) is 48.4 Å². The van der Waals surface area contributed by atoms with Crippen LogP contribution in [0.3, 0.4) is 0 Å². The van der Waals surface area contributed by atoms with Crippen molar-refractivity contribution >= 4 is 11.9 Å². The van der Waals surface area contributed by atoms with Crippen molar-refractivity contribution in [3.05, 3.63) is 89.7 Å². The van der Waals surface area contributed by atoms with Gasteiger partial charge in [0.25, 0.3) is 5.91 Å². The molecule has 3 rings (SSSR count). The third kappa shape index (κ3) is 6.02. The molecule has 1 aromatic heterocycles. The quantitative estimate of drug-likeness (QED) is 0.477. The van der Waals surface area contributed by atoms with Crippen molar-refractivity contribution < 1.29 is 14.7 Å². The van der Waals surface area contributed by atoms with Gasteiger partial charge in [-0.15, -0.1) is 0 Å². The number of hydrogen-bond acceptors (Lipinski definition) is 4. The first kappa shape index (κ1) is 23.2. The van der Waals surface area contributed by atoms with Gasteiger partial charge in [-0.25, -0.2) is 0 Å². The molecule has 0 spiro atoms. The van der Waals surface area contributed by atoms with E-state index in [0.717, 1.165) is 16.7 Å². The van der Waals surface area contributed by atoms with Gasteiger partial charge in [-0.3, -0.25) is 14.6 Å². The number of carboxylic acids is 1. The second-order valence-corrected chi connectivity index (χ2v) is 8.26. The van der Waals surface area contributed by atoms with Gasteiger partial charge in [0.05, 0.1) is 0 Å². The Balaban J connectivity index is 1.63. The van der Waals surface area contributed by atoms with E-state index in [-0.39, 0.29) is 18.2 Å². The number of carbonyl (C=O) groups is 2. The van der Waals surface area contributed by atoms with Crippen molar-refractivity contribution in [1.82, 2.24) is 10.3 Å². The first-order valence-electron chi connectivity index (χ1n) is 10.7. The number of carbonyl (C=O) groups excluding carboxylic acids is 1. The summed E-state index contributed by atoms with van der Waals surface area (Å²) in [7, 11) is 0. The number of nitrogens with zero attached hydrogens (tertiary/aromatic N) is 1. The average molecular weight is 432 g/mol. The fourth-order valence-corrected chi connectivity index (χ4v) is 3.64. The number of amides is 1. The summed E-state index contributed by atoms with van der Waals surface area (Å²) in [6, 6.07) is 18.3. The van der Waals surface area contributed by atoms with Crippen molar-refractivity contribution in [2.75, 3.05) is 6.54 Å². The Bertz CT molecular complexity index is 1030. The molecule has 1 heterocycles. The van der Waals surface area contributed by atoms with E-state index in [0.29, 0.717) is 18.0 Å². The predicted octanol–water partition coefficient (Wildman–Crippen LogP) is 3.87. The molecular weight excluding hydrogens is 402 g/mol. The molecule has 0 fully saturated rings. The van der Waals surface area contributed by atoms with Crippen LogP contribution >= 0.6 is 0 Å². The molecule has 4 N–H and O–H groups in total. The fourth-order valence-electron chi connectivity index (χ4n) is 3.64. The minimum atomic E-state index is -1.04. The summed E-state index contributed by atoms with van der Waals surface area (Å²) in [6.07, 6.45) is 3.79. The third-order valence-electron chi connectivity index (χ3n) is 5.63. The fraction of sp³-hybridized carbons (Fsp3) is 0.269. The molecule has 2 atom stereocenters. The molecule has 2 unspecified atom stereocenters. The van der Waals surface area contributed by atoms with Gasteiger partial charge in [0.2, 0.25) is 0 Å². The molecule has 166 valence electrons. The van der Waals surface area contributed by atoms with Crippen LogP contribution < -0.4 is 11.1 Å². The Morgan fingerprint density at radius 1 is 0.938 bits per heavy atom. The molecule has 1 amide bonds. The smallest absolute Gasteiger partial charge is 0.320 e. The first-order valence-corrected chi connectivity index (χ1v) is 10.7. The summed E-state index contributed by atoms with van der Waals surface area (Å²) < 4.78 is 0. The maximum Gasteiger partial charge on any atom is 0.320 e. The summed E-state index contributed by atoms with van der Waals surface area (Å²) in [5.41, 5.74) is 10.3. The zero-order chi connectivity index (χ0) is 23.1. The van der Waals surface area contributed by atoms with Crippen molar-refractivity contribution in [2.45, 2.75) is 32.2 Å². The maximum atomic E-state index is 12.6. The lowest BCUT2D eigenvalue weighted by Crippen LogP contribution is -2.32. The standard InChI is InChI=1S/C26H29N3O3/c1-17(2)23(21-9-7-19(8-10-21)20-11-13-28-14-12-20)16-29-25(30)22-5-3-18(4-6-22)15-24(27)26(31)32/h3-14,17,23-24H,15-16,27H2,1-2H3,(H,29,30)(H,31,32). The lowest BCUT2D eigenvalue weighted by Gasteiger charge is -2.22. The van der Waals surface area contributed by atoms with Crippen LogP contribution in [0.5, 0.6) is 0 Å². The summed E-state index contributed by atoms with van der Waals surface area (Å²) in [6.45, 7) is 4.82. The number of nitrogens with two attached hydrogens (primary N) is 1. The average Bonchev–Trinajstić information content (AvgIpc) is 2.80. The number of benzene rings is 2. The number of rotatable bonds is 9. The summed E-state index contributed by atoms with van der Waals surface area (Å²) in [5, 5.41) is 12.0. The van der Waals surface area contributed by atoms with Crippen LogP contribution in [0, 0.1) is 5.92 Å². The molecule has 3 aromatic rings. The van der Waals surface area contributed by atoms with Crippen LogP contribution in [0.1, 0.15) is 41.3 Å². The van der Waals surface area contributed by atoms with E-state index < -0.39 is 12.0 Å². The zero-order valence-electron chi connectivity index (χ0n) is 18.4. The molecule has 6 nitrogen and oxygen atoms in total. The SMILES string of the molecule is CC(C)C(CNC(=O)c1ccc(CC(N)C(=O)O)cc1)c1ccc(-c2ccncc2)cc1. The van der Waals surface area contributed by atoms with E-state index in [4.69, 9.17) is 10.8 Å². The van der Waals surface area contributed by atoms with Crippen LogP contribution in [-0.2, 0) is 11.2 Å². The number of nitrogens with one attached hydrogen (secondary N) is 1. The Kier molecular flexibility index (Phi) is 7.73. The number of aliphatic carboxylic acids is 1. The Morgan fingerprint density at radius 2 is 1.53 bits per heavy atom. The molecule has 0 aliphatic heterocycles. The van der Waals surface area contributed by atoms with Gasteiger partial charge in [0.1, 0.15) is 6.04 Å². The highest BCUT2D eigenvalue weighted by Crippen LogP contribution is 2.27. The molecule has 6 heteroatoms. The molecule has 0 aliphatic carbocycles. The summed E-state index contributed by atoms with van der Waals surface area (Å²) >= 11 is 0. The number of pyridine rings is 1. The van der Waals surface area contributed by atoms with Crippen LogP contribution in [0.25, 0.3) is 11.1 Å². The number of aromatic nitrogens is 1. The minimum absolute atomic E-state index is 0.155. The summed E-state index contributed by atoms with van der Waals surface area (Å²) in [5.74, 6) is -0.668. The van der Waals surface area contributed by atoms with Crippen molar-refractivity contribution in [2.24, 2.45) is 11.7 Å². The second kappa shape index (κ2) is 10.7. The van der Waals surface area contributed by atoms with Crippen LogP contribution in [0.15, 0.2) is 73.1 Å². The van der Waals surface area contributed by atoms with Crippen LogP contribution in [-0.4, -0.2) is 34.6 Å². The van der Waals surface area contributed by atoms with Crippen molar-refractivity contribution in [3.63, 3.8) is 0 Å². The van der Waals surface area contributed by atoms with E-state index in [1.54, 1.807) is 36.7 Å². The van der Waals surface area contributed by atoms with Crippen LogP contribution in [0.4, 0.5) is 0 Å².